The van der Waals surface area contributed by atoms with Gasteiger partial charge in [-0.05, 0) is 31.5 Å². The molecule has 2 nitrogen and oxygen atoms in total. The van der Waals surface area contributed by atoms with Crippen molar-refractivity contribution in [2.45, 2.75) is 25.9 Å². The largest absolute Gasteiger partial charge is 0.497 e. The Bertz CT molecular complexity index is 322. The Morgan fingerprint density at radius 3 is 2.73 bits per heavy atom. The van der Waals surface area contributed by atoms with Crippen molar-refractivity contribution in [1.82, 2.24) is 5.32 Å². The summed E-state index contributed by atoms with van der Waals surface area (Å²) in [5.41, 5.74) is 1.23. The summed E-state index contributed by atoms with van der Waals surface area (Å²) in [6.07, 6.45) is 1.90. The molecule has 2 atom stereocenters. The first-order chi connectivity index (χ1) is 7.17. The van der Waals surface area contributed by atoms with Crippen LogP contribution in [0.2, 0.25) is 0 Å². The lowest BCUT2D eigenvalue weighted by Crippen LogP contribution is -2.26. The fraction of sp³-hybridized carbons (Fsp3) is 0.385. The van der Waals surface area contributed by atoms with Crippen LogP contribution in [0.5, 0.6) is 5.75 Å². The van der Waals surface area contributed by atoms with Gasteiger partial charge in [-0.1, -0.05) is 18.2 Å². The van der Waals surface area contributed by atoms with Crippen molar-refractivity contribution in [1.29, 1.82) is 0 Å². The molecule has 0 fully saturated rings. The molecule has 15 heavy (non-hydrogen) atoms. The van der Waals surface area contributed by atoms with Gasteiger partial charge < -0.3 is 10.1 Å². The van der Waals surface area contributed by atoms with Crippen LogP contribution in [-0.2, 0) is 0 Å². The van der Waals surface area contributed by atoms with Gasteiger partial charge in [-0.25, -0.2) is 0 Å². The molecule has 0 amide bonds. The molecule has 0 spiro atoms. The third-order valence-electron chi connectivity index (χ3n) is 2.46. The van der Waals surface area contributed by atoms with E-state index >= 15 is 0 Å². The van der Waals surface area contributed by atoms with Crippen LogP contribution >= 0.6 is 0 Å². The minimum atomic E-state index is 0.299. The van der Waals surface area contributed by atoms with Gasteiger partial charge >= 0.3 is 0 Å². The van der Waals surface area contributed by atoms with Crippen molar-refractivity contribution in [2.24, 2.45) is 0 Å². The van der Waals surface area contributed by atoms with Crippen molar-refractivity contribution in [3.63, 3.8) is 0 Å². The molecule has 0 heterocycles. The number of hydrogen-bond donors (Lipinski definition) is 1. The van der Waals surface area contributed by atoms with Gasteiger partial charge in [-0.3, -0.25) is 0 Å². The lowest BCUT2D eigenvalue weighted by Gasteiger charge is -2.18. The topological polar surface area (TPSA) is 21.3 Å². The van der Waals surface area contributed by atoms with E-state index in [9.17, 15) is 0 Å². The molecule has 0 radical (unpaired) electrons. The molecule has 0 saturated heterocycles. The lowest BCUT2D eigenvalue weighted by molar-refractivity contribution is 0.413. The molecular weight excluding hydrogens is 186 g/mol. The molecule has 0 aliphatic carbocycles. The van der Waals surface area contributed by atoms with Gasteiger partial charge in [0.15, 0.2) is 0 Å². The maximum atomic E-state index is 5.19. The quantitative estimate of drug-likeness (QED) is 0.746. The maximum absolute atomic E-state index is 5.19. The summed E-state index contributed by atoms with van der Waals surface area (Å²) in [6.45, 7) is 7.97. The minimum absolute atomic E-state index is 0.299. The Morgan fingerprint density at radius 1 is 1.40 bits per heavy atom. The van der Waals surface area contributed by atoms with Crippen LogP contribution in [-0.4, -0.2) is 13.2 Å². The molecule has 1 unspecified atom stereocenters. The van der Waals surface area contributed by atoms with Crippen LogP contribution < -0.4 is 10.1 Å². The Hall–Kier alpha value is -1.28. The molecule has 2 heteroatoms. The molecule has 1 N–H and O–H groups in total. The summed E-state index contributed by atoms with van der Waals surface area (Å²) in [6, 6.07) is 8.71. The second kappa shape index (κ2) is 5.56. The molecule has 0 aromatic heterocycles. The van der Waals surface area contributed by atoms with Gasteiger partial charge in [0, 0.05) is 12.1 Å². The molecule has 0 bridgehead atoms. The van der Waals surface area contributed by atoms with Crippen molar-refractivity contribution in [3.05, 3.63) is 42.5 Å². The molecule has 82 valence electrons. The van der Waals surface area contributed by atoms with Crippen LogP contribution in [0.1, 0.15) is 25.5 Å². The average molecular weight is 205 g/mol. The summed E-state index contributed by atoms with van der Waals surface area (Å²) in [5, 5.41) is 3.42. The number of methoxy groups -OCH3 is 1. The summed E-state index contributed by atoms with van der Waals surface area (Å²) >= 11 is 0. The fourth-order valence-electron chi connectivity index (χ4n) is 1.47. The van der Waals surface area contributed by atoms with E-state index in [0.29, 0.717) is 12.1 Å². The van der Waals surface area contributed by atoms with Crippen LogP contribution in [0.4, 0.5) is 0 Å². The predicted molar refractivity (Wildman–Crippen MR) is 64.2 cm³/mol. The third kappa shape index (κ3) is 3.40. The highest BCUT2D eigenvalue weighted by molar-refractivity contribution is 5.30. The number of benzene rings is 1. The Morgan fingerprint density at radius 2 is 2.13 bits per heavy atom. The highest BCUT2D eigenvalue weighted by Crippen LogP contribution is 2.19. The normalized spacial score (nSPS) is 14.3. The zero-order chi connectivity index (χ0) is 11.3. The number of ether oxygens (including phenoxy) is 1. The van der Waals surface area contributed by atoms with Crippen LogP contribution in [0.25, 0.3) is 0 Å². The molecule has 1 aromatic carbocycles. The summed E-state index contributed by atoms with van der Waals surface area (Å²) in [4.78, 5) is 0. The molecule has 0 aliphatic rings. The second-order valence-electron chi connectivity index (χ2n) is 3.69. The summed E-state index contributed by atoms with van der Waals surface area (Å²) in [5.74, 6) is 0.896. The smallest absolute Gasteiger partial charge is 0.119 e. The highest BCUT2D eigenvalue weighted by Gasteiger charge is 2.07. The van der Waals surface area contributed by atoms with E-state index in [4.69, 9.17) is 4.74 Å². The zero-order valence-corrected chi connectivity index (χ0v) is 9.66. The Balaban J connectivity index is 2.72. The SMILES string of the molecule is C=CC(C)N[C@@H](C)c1cccc(OC)c1. The van der Waals surface area contributed by atoms with Crippen LogP contribution in [0.3, 0.4) is 0 Å². The van der Waals surface area contributed by atoms with E-state index in [2.05, 4.69) is 31.8 Å². The monoisotopic (exact) mass is 205 g/mol. The molecular formula is C13H19NO. The van der Waals surface area contributed by atoms with E-state index in [0.717, 1.165) is 5.75 Å². The van der Waals surface area contributed by atoms with E-state index in [1.807, 2.05) is 24.3 Å². The van der Waals surface area contributed by atoms with E-state index in [1.165, 1.54) is 5.56 Å². The van der Waals surface area contributed by atoms with Crippen molar-refractivity contribution in [3.8, 4) is 5.75 Å². The van der Waals surface area contributed by atoms with Gasteiger partial charge in [-0.15, -0.1) is 6.58 Å². The lowest BCUT2D eigenvalue weighted by atomic mass is 10.1. The molecule has 0 aliphatic heterocycles. The maximum Gasteiger partial charge on any atom is 0.119 e. The summed E-state index contributed by atoms with van der Waals surface area (Å²) in [7, 11) is 1.68. The Labute approximate surface area is 92.0 Å². The van der Waals surface area contributed by atoms with E-state index in [1.54, 1.807) is 7.11 Å². The second-order valence-corrected chi connectivity index (χ2v) is 3.69. The molecule has 0 saturated carbocycles. The molecule has 1 rings (SSSR count). The van der Waals surface area contributed by atoms with Crippen molar-refractivity contribution < 1.29 is 4.74 Å². The fourth-order valence-corrected chi connectivity index (χ4v) is 1.47. The van der Waals surface area contributed by atoms with E-state index in [-0.39, 0.29) is 0 Å². The average Bonchev–Trinajstić information content (AvgIpc) is 2.28. The first-order valence-corrected chi connectivity index (χ1v) is 5.20. The van der Waals surface area contributed by atoms with Gasteiger partial charge in [-0.2, -0.15) is 0 Å². The van der Waals surface area contributed by atoms with Crippen LogP contribution in [0.15, 0.2) is 36.9 Å². The molecule has 1 aromatic rings. The standard InChI is InChI=1S/C13H19NO/c1-5-10(2)14-11(3)12-7-6-8-13(9-12)15-4/h5-11,14H,1H2,2-4H3/t10?,11-/m0/s1. The minimum Gasteiger partial charge on any atom is -0.497 e. The van der Waals surface area contributed by atoms with Gasteiger partial charge in [0.25, 0.3) is 0 Å². The van der Waals surface area contributed by atoms with E-state index < -0.39 is 0 Å². The van der Waals surface area contributed by atoms with Crippen LogP contribution in [0, 0.1) is 0 Å². The number of hydrogen-bond acceptors (Lipinski definition) is 2. The van der Waals surface area contributed by atoms with Gasteiger partial charge in [0.05, 0.1) is 7.11 Å². The number of rotatable bonds is 5. The third-order valence-corrected chi connectivity index (χ3v) is 2.46. The van der Waals surface area contributed by atoms with Crippen molar-refractivity contribution >= 4 is 0 Å². The summed E-state index contributed by atoms with van der Waals surface area (Å²) < 4.78 is 5.19. The van der Waals surface area contributed by atoms with Gasteiger partial charge in [0.1, 0.15) is 5.75 Å². The highest BCUT2D eigenvalue weighted by atomic mass is 16.5. The Kier molecular flexibility index (Phi) is 4.37. The first kappa shape index (κ1) is 11.8. The van der Waals surface area contributed by atoms with Crippen molar-refractivity contribution in [2.75, 3.05) is 7.11 Å². The first-order valence-electron chi connectivity index (χ1n) is 5.20. The number of nitrogens with one attached hydrogen (secondary N) is 1. The predicted octanol–water partition coefficient (Wildman–Crippen LogP) is 2.92. The zero-order valence-electron chi connectivity index (χ0n) is 9.66. The van der Waals surface area contributed by atoms with Gasteiger partial charge in [0.2, 0.25) is 0 Å².